The van der Waals surface area contributed by atoms with Gasteiger partial charge in [0.05, 0.1) is 6.26 Å². The van der Waals surface area contributed by atoms with E-state index in [1.165, 1.54) is 10.6 Å². The number of furan rings is 1. The van der Waals surface area contributed by atoms with E-state index in [1.54, 1.807) is 11.0 Å². The number of carbonyl (C=O) groups is 1. The minimum absolute atomic E-state index is 0.191. The zero-order chi connectivity index (χ0) is 15.9. The Morgan fingerprint density at radius 3 is 2.45 bits per heavy atom. The van der Waals surface area contributed by atoms with Gasteiger partial charge in [0.25, 0.3) is 5.91 Å². The smallest absolute Gasteiger partial charge is 0.289 e. The molecule has 0 spiro atoms. The average molecular weight is 322 g/mol. The van der Waals surface area contributed by atoms with Gasteiger partial charge in [0, 0.05) is 31.6 Å². The SMILES string of the molecule is Cc1cccc2cc(C(=O)N3CCN(S(C)(=O)=O)CC3)oc12. The van der Waals surface area contributed by atoms with Crippen molar-refractivity contribution in [3.63, 3.8) is 0 Å². The lowest BCUT2D eigenvalue weighted by Crippen LogP contribution is -2.50. The molecule has 1 aliphatic rings. The fraction of sp³-hybridized carbons (Fsp3) is 0.400. The van der Waals surface area contributed by atoms with Crippen molar-refractivity contribution in [1.82, 2.24) is 9.21 Å². The first-order chi connectivity index (χ1) is 10.4. The molecule has 3 rings (SSSR count). The Bertz CT molecular complexity index is 817. The second-order valence-corrected chi connectivity index (χ2v) is 7.54. The molecule has 0 N–H and O–H groups in total. The molecule has 0 aliphatic carbocycles. The highest BCUT2D eigenvalue weighted by Gasteiger charge is 2.28. The first-order valence-corrected chi connectivity index (χ1v) is 8.94. The summed E-state index contributed by atoms with van der Waals surface area (Å²) in [5, 5.41) is 0.901. The molecule has 0 atom stereocenters. The average Bonchev–Trinajstić information content (AvgIpc) is 2.91. The third kappa shape index (κ3) is 2.74. The largest absolute Gasteiger partial charge is 0.451 e. The zero-order valence-corrected chi connectivity index (χ0v) is 13.4. The van der Waals surface area contributed by atoms with E-state index in [1.807, 2.05) is 25.1 Å². The number of aryl methyl sites for hydroxylation is 1. The van der Waals surface area contributed by atoms with E-state index < -0.39 is 10.0 Å². The van der Waals surface area contributed by atoms with Crippen LogP contribution in [0.2, 0.25) is 0 Å². The molecule has 1 saturated heterocycles. The Morgan fingerprint density at radius 1 is 1.18 bits per heavy atom. The molecule has 0 bridgehead atoms. The molecule has 2 heterocycles. The minimum Gasteiger partial charge on any atom is -0.451 e. The van der Waals surface area contributed by atoms with Crippen molar-refractivity contribution < 1.29 is 17.6 Å². The Balaban J connectivity index is 1.78. The number of hydrogen-bond acceptors (Lipinski definition) is 4. The second kappa shape index (κ2) is 5.40. The van der Waals surface area contributed by atoms with Gasteiger partial charge in [0.15, 0.2) is 5.76 Å². The number of rotatable bonds is 2. The summed E-state index contributed by atoms with van der Waals surface area (Å²) in [5.41, 5.74) is 1.71. The summed E-state index contributed by atoms with van der Waals surface area (Å²) in [6.07, 6.45) is 1.19. The van der Waals surface area contributed by atoms with Crippen molar-refractivity contribution in [3.8, 4) is 0 Å². The molecule has 0 unspecified atom stereocenters. The fourth-order valence-corrected chi connectivity index (χ4v) is 3.52. The quantitative estimate of drug-likeness (QED) is 0.839. The molecule has 6 nitrogen and oxygen atoms in total. The molecule has 0 radical (unpaired) electrons. The van der Waals surface area contributed by atoms with Crippen LogP contribution in [0.25, 0.3) is 11.0 Å². The van der Waals surface area contributed by atoms with Crippen molar-refractivity contribution >= 4 is 26.9 Å². The van der Waals surface area contributed by atoms with Crippen molar-refractivity contribution in [2.75, 3.05) is 32.4 Å². The number of benzene rings is 1. The van der Waals surface area contributed by atoms with Gasteiger partial charge in [-0.25, -0.2) is 8.42 Å². The van der Waals surface area contributed by atoms with Crippen LogP contribution in [-0.4, -0.2) is 56.0 Å². The number of fused-ring (bicyclic) bond motifs is 1. The van der Waals surface area contributed by atoms with Gasteiger partial charge in [-0.05, 0) is 18.6 Å². The van der Waals surface area contributed by atoms with Gasteiger partial charge < -0.3 is 9.32 Å². The van der Waals surface area contributed by atoms with Crippen LogP contribution < -0.4 is 0 Å². The van der Waals surface area contributed by atoms with E-state index >= 15 is 0 Å². The maximum absolute atomic E-state index is 12.5. The predicted octanol–water partition coefficient (Wildman–Crippen LogP) is 1.46. The topological polar surface area (TPSA) is 70.8 Å². The number of piperazine rings is 1. The van der Waals surface area contributed by atoms with Crippen LogP contribution in [0, 0.1) is 6.92 Å². The highest BCUT2D eigenvalue weighted by Crippen LogP contribution is 2.23. The van der Waals surface area contributed by atoms with Crippen LogP contribution in [-0.2, 0) is 10.0 Å². The van der Waals surface area contributed by atoms with E-state index in [0.29, 0.717) is 31.9 Å². The molecule has 1 fully saturated rings. The molecule has 1 aromatic carbocycles. The van der Waals surface area contributed by atoms with E-state index in [-0.39, 0.29) is 5.91 Å². The summed E-state index contributed by atoms with van der Waals surface area (Å²) in [6, 6.07) is 7.51. The zero-order valence-electron chi connectivity index (χ0n) is 12.6. The molecule has 1 amide bonds. The fourth-order valence-electron chi connectivity index (χ4n) is 2.69. The Labute approximate surface area is 129 Å². The summed E-state index contributed by atoms with van der Waals surface area (Å²) in [6.45, 7) is 3.34. The van der Waals surface area contributed by atoms with Crippen LogP contribution >= 0.6 is 0 Å². The van der Waals surface area contributed by atoms with Crippen molar-refractivity contribution in [2.45, 2.75) is 6.92 Å². The van der Waals surface area contributed by atoms with Crippen LogP contribution in [0.1, 0.15) is 16.1 Å². The van der Waals surface area contributed by atoms with Crippen LogP contribution in [0.4, 0.5) is 0 Å². The molecular formula is C15H18N2O4S. The maximum atomic E-state index is 12.5. The van der Waals surface area contributed by atoms with Crippen molar-refractivity contribution in [3.05, 3.63) is 35.6 Å². The summed E-state index contributed by atoms with van der Waals surface area (Å²) in [4.78, 5) is 14.1. The number of hydrogen-bond donors (Lipinski definition) is 0. The first-order valence-electron chi connectivity index (χ1n) is 7.10. The second-order valence-electron chi connectivity index (χ2n) is 5.56. The molecular weight excluding hydrogens is 304 g/mol. The third-order valence-electron chi connectivity index (χ3n) is 3.95. The monoisotopic (exact) mass is 322 g/mol. The van der Waals surface area contributed by atoms with Gasteiger partial charge in [0.1, 0.15) is 5.58 Å². The van der Waals surface area contributed by atoms with E-state index in [0.717, 1.165) is 16.5 Å². The minimum atomic E-state index is -3.19. The summed E-state index contributed by atoms with van der Waals surface area (Å²) in [7, 11) is -3.19. The highest BCUT2D eigenvalue weighted by molar-refractivity contribution is 7.88. The van der Waals surface area contributed by atoms with Crippen LogP contribution in [0.3, 0.4) is 0 Å². The number of para-hydroxylation sites is 1. The maximum Gasteiger partial charge on any atom is 0.289 e. The number of carbonyl (C=O) groups excluding carboxylic acids is 1. The van der Waals surface area contributed by atoms with E-state index in [9.17, 15) is 13.2 Å². The first kappa shape index (κ1) is 15.1. The lowest BCUT2D eigenvalue weighted by molar-refractivity contribution is 0.0668. The summed E-state index contributed by atoms with van der Waals surface area (Å²) in [5.74, 6) is 0.112. The van der Waals surface area contributed by atoms with Gasteiger partial charge >= 0.3 is 0 Å². The van der Waals surface area contributed by atoms with Gasteiger partial charge in [0.2, 0.25) is 10.0 Å². The number of amides is 1. The molecule has 1 aliphatic heterocycles. The van der Waals surface area contributed by atoms with Gasteiger partial charge in [-0.1, -0.05) is 18.2 Å². The van der Waals surface area contributed by atoms with E-state index in [4.69, 9.17) is 4.42 Å². The van der Waals surface area contributed by atoms with Crippen LogP contribution in [0.15, 0.2) is 28.7 Å². The summed E-state index contributed by atoms with van der Waals surface area (Å²) >= 11 is 0. The molecule has 2 aromatic rings. The molecule has 1 aromatic heterocycles. The van der Waals surface area contributed by atoms with Gasteiger partial charge in [-0.2, -0.15) is 4.31 Å². The predicted molar refractivity (Wildman–Crippen MR) is 83.3 cm³/mol. The van der Waals surface area contributed by atoms with Crippen molar-refractivity contribution in [2.24, 2.45) is 0 Å². The van der Waals surface area contributed by atoms with E-state index in [2.05, 4.69) is 0 Å². The Hall–Kier alpha value is -1.86. The Morgan fingerprint density at radius 2 is 1.86 bits per heavy atom. The van der Waals surface area contributed by atoms with Crippen molar-refractivity contribution in [1.29, 1.82) is 0 Å². The standard InChI is InChI=1S/C15H18N2O4S/c1-11-4-3-5-12-10-13(21-14(11)12)15(18)16-6-8-17(9-7-16)22(2,19)20/h3-5,10H,6-9H2,1-2H3. The summed E-state index contributed by atoms with van der Waals surface area (Å²) < 4.78 is 30.1. The highest BCUT2D eigenvalue weighted by atomic mass is 32.2. The third-order valence-corrected chi connectivity index (χ3v) is 5.25. The lowest BCUT2D eigenvalue weighted by Gasteiger charge is -2.32. The molecule has 118 valence electrons. The molecule has 0 saturated carbocycles. The number of sulfonamides is 1. The van der Waals surface area contributed by atoms with Gasteiger partial charge in [-0.3, -0.25) is 4.79 Å². The Kier molecular flexibility index (Phi) is 3.70. The van der Waals surface area contributed by atoms with Gasteiger partial charge in [-0.15, -0.1) is 0 Å². The number of nitrogens with zero attached hydrogens (tertiary/aromatic N) is 2. The van der Waals surface area contributed by atoms with Crippen LogP contribution in [0.5, 0.6) is 0 Å². The molecule has 22 heavy (non-hydrogen) atoms. The molecule has 7 heteroatoms. The normalized spacial score (nSPS) is 17.1. The lowest BCUT2D eigenvalue weighted by atomic mass is 10.2.